The molecule has 30 heavy (non-hydrogen) atoms. The standard InChI is InChI=1S/C21H15F2N5O2/c22-13-6-14(23)8-16(7-13)26-20(30)10-19(29)25-15-3-4-17-18(9-15)27-28-21(17)12-2-1-5-24-11-12/h1-9,11H,10H2,(H,25,29)(H,26,30)(H,27,28). The molecule has 2 aromatic carbocycles. The van der Waals surface area contributed by atoms with Gasteiger partial charge in [-0.15, -0.1) is 0 Å². The topological polar surface area (TPSA) is 99.8 Å². The van der Waals surface area contributed by atoms with Crippen molar-refractivity contribution in [3.8, 4) is 11.3 Å². The Bertz CT molecular complexity index is 1220. The van der Waals surface area contributed by atoms with Crippen LogP contribution in [0.2, 0.25) is 0 Å². The van der Waals surface area contributed by atoms with E-state index in [9.17, 15) is 18.4 Å². The summed E-state index contributed by atoms with van der Waals surface area (Å²) in [4.78, 5) is 28.2. The Labute approximate surface area is 169 Å². The molecule has 0 aliphatic heterocycles. The quantitative estimate of drug-likeness (QED) is 0.437. The molecule has 2 amide bonds. The Hall–Kier alpha value is -4.14. The molecule has 0 radical (unpaired) electrons. The summed E-state index contributed by atoms with van der Waals surface area (Å²) in [5.74, 6) is -2.92. The number of aromatic nitrogens is 3. The average molecular weight is 407 g/mol. The van der Waals surface area contributed by atoms with Crippen LogP contribution < -0.4 is 10.6 Å². The van der Waals surface area contributed by atoms with Crippen molar-refractivity contribution in [1.29, 1.82) is 0 Å². The summed E-state index contributed by atoms with van der Waals surface area (Å²) in [6.07, 6.45) is 2.86. The zero-order valence-corrected chi connectivity index (χ0v) is 15.4. The van der Waals surface area contributed by atoms with Crippen molar-refractivity contribution in [2.45, 2.75) is 6.42 Å². The number of nitrogens with one attached hydrogen (secondary N) is 3. The molecule has 4 aromatic rings. The lowest BCUT2D eigenvalue weighted by molar-refractivity contribution is -0.123. The molecular weight excluding hydrogens is 392 g/mol. The molecule has 0 atom stereocenters. The van der Waals surface area contributed by atoms with Crippen molar-refractivity contribution in [3.63, 3.8) is 0 Å². The maximum Gasteiger partial charge on any atom is 0.233 e. The lowest BCUT2D eigenvalue weighted by atomic mass is 10.1. The molecule has 0 bridgehead atoms. The summed E-state index contributed by atoms with van der Waals surface area (Å²) in [6.45, 7) is 0. The van der Waals surface area contributed by atoms with E-state index in [0.717, 1.165) is 28.8 Å². The molecule has 0 saturated heterocycles. The number of benzene rings is 2. The van der Waals surface area contributed by atoms with Crippen LogP contribution in [-0.4, -0.2) is 27.0 Å². The second-order valence-corrected chi connectivity index (χ2v) is 6.51. The molecule has 0 fully saturated rings. The van der Waals surface area contributed by atoms with Crippen LogP contribution in [0.15, 0.2) is 60.9 Å². The number of hydrogen-bond donors (Lipinski definition) is 3. The highest BCUT2D eigenvalue weighted by Gasteiger charge is 2.13. The minimum absolute atomic E-state index is 0.0629. The monoisotopic (exact) mass is 407 g/mol. The minimum atomic E-state index is -0.826. The number of hydrogen-bond acceptors (Lipinski definition) is 4. The van der Waals surface area contributed by atoms with E-state index < -0.39 is 29.9 Å². The highest BCUT2D eigenvalue weighted by atomic mass is 19.1. The summed E-state index contributed by atoms with van der Waals surface area (Å²) in [6, 6.07) is 11.5. The second kappa shape index (κ2) is 8.08. The van der Waals surface area contributed by atoms with Gasteiger partial charge in [0.15, 0.2) is 0 Å². The van der Waals surface area contributed by atoms with E-state index in [4.69, 9.17) is 0 Å². The van der Waals surface area contributed by atoms with Crippen molar-refractivity contribution in [2.24, 2.45) is 0 Å². The van der Waals surface area contributed by atoms with E-state index in [0.29, 0.717) is 17.3 Å². The molecule has 4 rings (SSSR count). The molecule has 2 heterocycles. The number of pyridine rings is 1. The van der Waals surface area contributed by atoms with E-state index >= 15 is 0 Å². The molecule has 0 spiro atoms. The van der Waals surface area contributed by atoms with E-state index in [1.807, 2.05) is 12.1 Å². The van der Waals surface area contributed by atoms with Crippen LogP contribution >= 0.6 is 0 Å². The van der Waals surface area contributed by atoms with Gasteiger partial charge >= 0.3 is 0 Å². The number of anilines is 2. The third-order valence-corrected chi connectivity index (χ3v) is 4.25. The first kappa shape index (κ1) is 19.2. The largest absolute Gasteiger partial charge is 0.326 e. The number of nitrogens with zero attached hydrogens (tertiary/aromatic N) is 2. The SMILES string of the molecule is O=C(CC(=O)Nc1ccc2c(-c3cccnc3)n[nH]c2c1)Nc1cc(F)cc(F)c1. The van der Waals surface area contributed by atoms with Gasteiger partial charge in [-0.2, -0.15) is 5.10 Å². The number of H-pyrrole nitrogens is 1. The third-order valence-electron chi connectivity index (χ3n) is 4.25. The van der Waals surface area contributed by atoms with Crippen molar-refractivity contribution in [3.05, 3.63) is 72.6 Å². The van der Waals surface area contributed by atoms with Crippen LogP contribution in [0.4, 0.5) is 20.2 Å². The first-order valence-electron chi connectivity index (χ1n) is 8.92. The first-order valence-corrected chi connectivity index (χ1v) is 8.92. The lowest BCUT2D eigenvalue weighted by Crippen LogP contribution is -2.21. The van der Waals surface area contributed by atoms with Crippen molar-refractivity contribution >= 4 is 34.1 Å². The number of halogens is 2. The van der Waals surface area contributed by atoms with Gasteiger partial charge in [0.05, 0.1) is 5.52 Å². The summed E-state index contributed by atoms with van der Waals surface area (Å²) in [5.41, 5.74) is 2.70. The normalized spacial score (nSPS) is 10.7. The van der Waals surface area contributed by atoms with Crippen molar-refractivity contribution in [2.75, 3.05) is 10.6 Å². The number of rotatable bonds is 5. The Kier molecular flexibility index (Phi) is 5.17. The molecule has 2 aromatic heterocycles. The fraction of sp³-hybridized carbons (Fsp3) is 0.0476. The number of aromatic amines is 1. The van der Waals surface area contributed by atoms with Crippen molar-refractivity contribution in [1.82, 2.24) is 15.2 Å². The predicted octanol–water partition coefficient (Wildman–Crippen LogP) is 3.87. The van der Waals surface area contributed by atoms with Gasteiger partial charge in [0.1, 0.15) is 23.7 Å². The first-order chi connectivity index (χ1) is 14.5. The summed E-state index contributed by atoms with van der Waals surface area (Å²) < 4.78 is 26.4. The Balaban J connectivity index is 1.42. The molecular formula is C21H15F2N5O2. The minimum Gasteiger partial charge on any atom is -0.326 e. The fourth-order valence-corrected chi connectivity index (χ4v) is 3.00. The van der Waals surface area contributed by atoms with Gasteiger partial charge in [-0.3, -0.25) is 19.7 Å². The molecule has 9 heteroatoms. The number of amides is 2. The summed E-state index contributed by atoms with van der Waals surface area (Å²) in [7, 11) is 0. The van der Waals surface area contributed by atoms with Crippen molar-refractivity contribution < 1.29 is 18.4 Å². The molecule has 0 saturated carbocycles. The highest BCUT2D eigenvalue weighted by molar-refractivity contribution is 6.08. The molecule has 0 unspecified atom stereocenters. The van der Waals surface area contributed by atoms with Gasteiger partial charge in [-0.1, -0.05) is 0 Å². The van der Waals surface area contributed by atoms with E-state index in [1.165, 1.54) is 0 Å². The smallest absolute Gasteiger partial charge is 0.233 e. The van der Waals surface area contributed by atoms with Gasteiger partial charge in [0, 0.05) is 40.8 Å². The zero-order chi connectivity index (χ0) is 21.1. The third kappa shape index (κ3) is 4.30. The summed E-state index contributed by atoms with van der Waals surface area (Å²) in [5, 5.41) is 13.0. The highest BCUT2D eigenvalue weighted by Crippen LogP contribution is 2.27. The van der Waals surface area contributed by atoms with Gasteiger partial charge in [-0.05, 0) is 42.5 Å². The predicted molar refractivity (Wildman–Crippen MR) is 108 cm³/mol. The van der Waals surface area contributed by atoms with E-state index in [-0.39, 0.29) is 5.69 Å². The van der Waals surface area contributed by atoms with Gasteiger partial charge < -0.3 is 10.6 Å². The lowest BCUT2D eigenvalue weighted by Gasteiger charge is -2.07. The average Bonchev–Trinajstić information content (AvgIpc) is 3.10. The summed E-state index contributed by atoms with van der Waals surface area (Å²) >= 11 is 0. The fourth-order valence-electron chi connectivity index (χ4n) is 3.00. The van der Waals surface area contributed by atoms with Gasteiger partial charge in [0.25, 0.3) is 0 Å². The van der Waals surface area contributed by atoms with Crippen LogP contribution in [0.5, 0.6) is 0 Å². The Morgan fingerprint density at radius 1 is 0.933 bits per heavy atom. The van der Waals surface area contributed by atoms with Crippen LogP contribution in [0.3, 0.4) is 0 Å². The number of carbonyl (C=O) groups is 2. The molecule has 3 N–H and O–H groups in total. The zero-order valence-electron chi connectivity index (χ0n) is 15.4. The van der Waals surface area contributed by atoms with E-state index in [2.05, 4.69) is 25.8 Å². The van der Waals surface area contributed by atoms with E-state index in [1.54, 1.807) is 30.6 Å². The Morgan fingerprint density at radius 2 is 1.67 bits per heavy atom. The molecule has 0 aliphatic rings. The maximum atomic E-state index is 13.2. The maximum absolute atomic E-state index is 13.2. The Morgan fingerprint density at radius 3 is 2.37 bits per heavy atom. The number of fused-ring (bicyclic) bond motifs is 1. The second-order valence-electron chi connectivity index (χ2n) is 6.51. The number of carbonyl (C=O) groups excluding carboxylic acids is 2. The van der Waals surface area contributed by atoms with Crippen LogP contribution in [0.25, 0.3) is 22.2 Å². The van der Waals surface area contributed by atoms with Gasteiger partial charge in [-0.25, -0.2) is 8.78 Å². The van der Waals surface area contributed by atoms with Crippen LogP contribution in [-0.2, 0) is 9.59 Å². The van der Waals surface area contributed by atoms with Crippen LogP contribution in [0, 0.1) is 11.6 Å². The van der Waals surface area contributed by atoms with Crippen LogP contribution in [0.1, 0.15) is 6.42 Å². The molecule has 0 aliphatic carbocycles. The molecule has 150 valence electrons. The molecule has 7 nitrogen and oxygen atoms in total. The van der Waals surface area contributed by atoms with Gasteiger partial charge in [0.2, 0.25) is 11.8 Å².